The van der Waals surface area contributed by atoms with Crippen LogP contribution in [0, 0.1) is 5.41 Å². The maximum atomic E-state index is 5.95. The molecule has 2 rings (SSSR count). The molecule has 2 atom stereocenters. The van der Waals surface area contributed by atoms with Crippen molar-refractivity contribution in [2.45, 2.75) is 51.1 Å². The summed E-state index contributed by atoms with van der Waals surface area (Å²) in [5.74, 6) is 0.894. The normalized spacial score (nSPS) is 27.5. The third-order valence-electron chi connectivity index (χ3n) is 3.40. The second-order valence-electron chi connectivity index (χ2n) is 5.07. The first-order valence-electron chi connectivity index (χ1n) is 5.87. The van der Waals surface area contributed by atoms with E-state index in [2.05, 4.69) is 41.8 Å². The molecule has 0 spiro atoms. The van der Waals surface area contributed by atoms with Crippen LogP contribution < -0.4 is 4.74 Å². The number of nitrogens with zero attached hydrogens (tertiary/aromatic N) is 2. The van der Waals surface area contributed by atoms with Crippen LogP contribution in [0.25, 0.3) is 0 Å². The molecule has 0 bridgehead atoms. The number of rotatable bonds is 4. The fourth-order valence-electron chi connectivity index (χ4n) is 1.96. The number of hydrogen-bond donors (Lipinski definition) is 0. The monoisotopic (exact) mass is 286 g/mol. The largest absolute Gasteiger partial charge is 0.486 e. The highest BCUT2D eigenvalue weighted by Gasteiger charge is 2.48. The molecule has 2 unspecified atom stereocenters. The lowest BCUT2D eigenvalue weighted by atomic mass is 9.69. The van der Waals surface area contributed by atoms with Crippen LogP contribution in [0.15, 0.2) is 12.4 Å². The number of halogens is 1. The van der Waals surface area contributed by atoms with Crippen molar-refractivity contribution in [3.8, 4) is 5.75 Å². The summed E-state index contributed by atoms with van der Waals surface area (Å²) in [5, 5.41) is 4.26. The Bertz CT molecular complexity index is 362. The summed E-state index contributed by atoms with van der Waals surface area (Å²) in [7, 11) is 0. The SMILES string of the molecule is CCCn1cc(OC2CC(Br)C2(C)C)cn1. The zero-order valence-corrected chi connectivity index (χ0v) is 11.7. The van der Waals surface area contributed by atoms with Crippen molar-refractivity contribution in [2.24, 2.45) is 5.41 Å². The summed E-state index contributed by atoms with van der Waals surface area (Å²) in [6.45, 7) is 7.57. The van der Waals surface area contributed by atoms with Gasteiger partial charge in [0.15, 0.2) is 5.75 Å². The molecule has 1 aromatic heterocycles. The molecule has 0 aromatic carbocycles. The fraction of sp³-hybridized carbons (Fsp3) is 0.750. The summed E-state index contributed by atoms with van der Waals surface area (Å²) in [5.41, 5.74) is 0.215. The highest BCUT2D eigenvalue weighted by atomic mass is 79.9. The Morgan fingerprint density at radius 1 is 1.62 bits per heavy atom. The minimum absolute atomic E-state index is 0.215. The summed E-state index contributed by atoms with van der Waals surface area (Å²) >= 11 is 3.66. The number of aromatic nitrogens is 2. The van der Waals surface area contributed by atoms with Gasteiger partial charge in [-0.3, -0.25) is 4.68 Å². The average Bonchev–Trinajstić information content (AvgIpc) is 2.66. The van der Waals surface area contributed by atoms with Gasteiger partial charge in [0.2, 0.25) is 0 Å². The lowest BCUT2D eigenvalue weighted by molar-refractivity contribution is -0.00785. The van der Waals surface area contributed by atoms with Gasteiger partial charge in [-0.25, -0.2) is 0 Å². The van der Waals surface area contributed by atoms with Crippen molar-refractivity contribution < 1.29 is 4.74 Å². The van der Waals surface area contributed by atoms with Crippen LogP contribution in [0.2, 0.25) is 0 Å². The number of aryl methyl sites for hydroxylation is 1. The van der Waals surface area contributed by atoms with Crippen molar-refractivity contribution in [1.29, 1.82) is 0 Å². The topological polar surface area (TPSA) is 27.1 Å². The van der Waals surface area contributed by atoms with Gasteiger partial charge in [-0.2, -0.15) is 5.10 Å². The summed E-state index contributed by atoms with van der Waals surface area (Å²) in [6.07, 6.45) is 6.27. The zero-order chi connectivity index (χ0) is 11.8. The molecule has 0 radical (unpaired) electrons. The second kappa shape index (κ2) is 4.40. The van der Waals surface area contributed by atoms with Crippen molar-refractivity contribution in [1.82, 2.24) is 9.78 Å². The highest BCUT2D eigenvalue weighted by Crippen LogP contribution is 2.47. The first kappa shape index (κ1) is 12.0. The molecule has 0 N–H and O–H groups in total. The molecule has 3 nitrogen and oxygen atoms in total. The molecule has 90 valence electrons. The van der Waals surface area contributed by atoms with Crippen LogP contribution in [0.5, 0.6) is 5.75 Å². The predicted molar refractivity (Wildman–Crippen MR) is 68.0 cm³/mol. The van der Waals surface area contributed by atoms with Gasteiger partial charge in [-0.1, -0.05) is 36.7 Å². The van der Waals surface area contributed by atoms with E-state index in [9.17, 15) is 0 Å². The Morgan fingerprint density at radius 2 is 2.38 bits per heavy atom. The number of alkyl halides is 1. The van der Waals surface area contributed by atoms with Crippen LogP contribution in [0.1, 0.15) is 33.6 Å². The molecule has 16 heavy (non-hydrogen) atoms. The number of hydrogen-bond acceptors (Lipinski definition) is 2. The van der Waals surface area contributed by atoms with Crippen LogP contribution in [-0.2, 0) is 6.54 Å². The third-order valence-corrected chi connectivity index (χ3v) is 4.95. The summed E-state index contributed by atoms with van der Waals surface area (Å²) in [6, 6.07) is 0. The predicted octanol–water partition coefficient (Wildman–Crippen LogP) is 3.23. The molecule has 1 aliphatic carbocycles. The minimum atomic E-state index is 0.215. The average molecular weight is 287 g/mol. The third kappa shape index (κ3) is 2.12. The molecule has 1 aliphatic rings. The Morgan fingerprint density at radius 3 is 2.94 bits per heavy atom. The molecule has 1 aromatic rings. The molecule has 1 heterocycles. The maximum Gasteiger partial charge on any atom is 0.157 e. The molecule has 1 fully saturated rings. The van der Waals surface area contributed by atoms with Crippen LogP contribution >= 0.6 is 15.9 Å². The molecule has 0 saturated heterocycles. The van der Waals surface area contributed by atoms with Gasteiger partial charge in [0.1, 0.15) is 6.10 Å². The fourth-order valence-corrected chi connectivity index (χ4v) is 2.59. The summed E-state index contributed by atoms with van der Waals surface area (Å²) in [4.78, 5) is 0.565. The maximum absolute atomic E-state index is 5.95. The van der Waals surface area contributed by atoms with Crippen LogP contribution in [-0.4, -0.2) is 20.7 Å². The zero-order valence-electron chi connectivity index (χ0n) is 10.1. The molecular formula is C12H19BrN2O. The first-order chi connectivity index (χ1) is 7.54. The summed E-state index contributed by atoms with van der Waals surface area (Å²) < 4.78 is 7.89. The Hall–Kier alpha value is -0.510. The van der Waals surface area contributed by atoms with Gasteiger partial charge in [-0.05, 0) is 12.8 Å². The molecule has 0 amide bonds. The quantitative estimate of drug-likeness (QED) is 0.795. The van der Waals surface area contributed by atoms with E-state index in [4.69, 9.17) is 4.74 Å². The highest BCUT2D eigenvalue weighted by molar-refractivity contribution is 9.09. The molecule has 1 saturated carbocycles. The minimum Gasteiger partial charge on any atom is -0.486 e. The lowest BCUT2D eigenvalue weighted by Gasteiger charge is -2.48. The van der Waals surface area contributed by atoms with Crippen molar-refractivity contribution in [3.05, 3.63) is 12.4 Å². The van der Waals surface area contributed by atoms with Gasteiger partial charge in [0, 0.05) is 16.8 Å². The van der Waals surface area contributed by atoms with Crippen LogP contribution in [0.3, 0.4) is 0 Å². The Balaban J connectivity index is 1.94. The van der Waals surface area contributed by atoms with E-state index < -0.39 is 0 Å². The van der Waals surface area contributed by atoms with Gasteiger partial charge >= 0.3 is 0 Å². The first-order valence-corrected chi connectivity index (χ1v) is 6.78. The van der Waals surface area contributed by atoms with E-state index in [0.29, 0.717) is 10.9 Å². The number of ether oxygens (including phenoxy) is 1. The van der Waals surface area contributed by atoms with E-state index in [0.717, 1.165) is 25.1 Å². The van der Waals surface area contributed by atoms with E-state index in [1.807, 2.05) is 17.1 Å². The van der Waals surface area contributed by atoms with Gasteiger partial charge < -0.3 is 4.74 Å². The Kier molecular flexibility index (Phi) is 3.29. The second-order valence-corrected chi connectivity index (χ2v) is 6.18. The lowest BCUT2D eigenvalue weighted by Crippen LogP contribution is -2.53. The van der Waals surface area contributed by atoms with Crippen molar-refractivity contribution >= 4 is 15.9 Å². The van der Waals surface area contributed by atoms with E-state index in [1.165, 1.54) is 0 Å². The van der Waals surface area contributed by atoms with E-state index in [1.54, 1.807) is 0 Å². The van der Waals surface area contributed by atoms with Gasteiger partial charge in [0.25, 0.3) is 0 Å². The van der Waals surface area contributed by atoms with E-state index in [-0.39, 0.29) is 5.41 Å². The standard InChI is InChI=1S/C12H19BrN2O/c1-4-5-15-8-9(7-14-15)16-11-6-10(13)12(11,2)3/h7-8,10-11H,4-6H2,1-3H3. The van der Waals surface area contributed by atoms with E-state index >= 15 is 0 Å². The van der Waals surface area contributed by atoms with Crippen molar-refractivity contribution in [3.63, 3.8) is 0 Å². The Labute approximate surface area is 105 Å². The molecule has 4 heteroatoms. The molecule has 0 aliphatic heterocycles. The van der Waals surface area contributed by atoms with Gasteiger partial charge in [0.05, 0.1) is 12.4 Å². The van der Waals surface area contributed by atoms with Crippen LogP contribution in [0.4, 0.5) is 0 Å². The van der Waals surface area contributed by atoms with Crippen molar-refractivity contribution in [2.75, 3.05) is 0 Å². The van der Waals surface area contributed by atoms with Gasteiger partial charge in [-0.15, -0.1) is 0 Å². The smallest absolute Gasteiger partial charge is 0.157 e. The molecular weight excluding hydrogens is 268 g/mol.